The molecule has 0 saturated heterocycles. The van der Waals surface area contributed by atoms with Crippen LogP contribution in [0.2, 0.25) is 0 Å². The van der Waals surface area contributed by atoms with Gasteiger partial charge >= 0.3 is 0 Å². The van der Waals surface area contributed by atoms with Crippen molar-refractivity contribution in [3.8, 4) is 5.75 Å². The Morgan fingerprint density at radius 2 is 1.16 bits per heavy atom. The van der Waals surface area contributed by atoms with Crippen molar-refractivity contribution in [1.29, 1.82) is 0 Å². The summed E-state index contributed by atoms with van der Waals surface area (Å²) >= 11 is 1.43. The van der Waals surface area contributed by atoms with Crippen LogP contribution in [0.25, 0.3) is 0 Å². The highest BCUT2D eigenvalue weighted by atomic mass is 35.7. The molecule has 0 spiro atoms. The van der Waals surface area contributed by atoms with E-state index in [0.29, 0.717) is 17.3 Å². The molecule has 38 heavy (non-hydrogen) atoms. The molecule has 0 aliphatic rings. The average Bonchev–Trinajstić information content (AvgIpc) is 3.36. The number of hydrogen-bond acceptors (Lipinski definition) is 9. The van der Waals surface area contributed by atoms with E-state index < -0.39 is 27.2 Å². The standard InChI is InChI=1S/C7H7ClO3S.C6H7ClO3S.C6H7ClO2S2.2C2H6/c1-11-6-2-4-7(5-3-6)12(8,9)10;2*1-4-3-6(5(2)10-4)11(7,8)9;2*1-2/h2-5H,1H3;2*3H,1-2H3;2*1-2H3. The lowest BCUT2D eigenvalue weighted by atomic mass is 10.3. The molecule has 0 atom stereocenters. The van der Waals surface area contributed by atoms with E-state index in [1.54, 1.807) is 26.8 Å². The van der Waals surface area contributed by atoms with E-state index in [-0.39, 0.29) is 14.7 Å². The van der Waals surface area contributed by atoms with Crippen LogP contribution in [0.3, 0.4) is 0 Å². The monoisotopic (exact) mass is 670 g/mol. The first-order valence-electron chi connectivity index (χ1n) is 11.0. The van der Waals surface area contributed by atoms with Crippen molar-refractivity contribution in [2.45, 2.75) is 70.1 Å². The summed E-state index contributed by atoms with van der Waals surface area (Å²) in [5.74, 6) is 1.47. The Balaban J connectivity index is 0. The molecule has 0 aliphatic heterocycles. The third-order valence-corrected chi connectivity index (χ3v) is 9.20. The van der Waals surface area contributed by atoms with Crippen LogP contribution in [0.4, 0.5) is 0 Å². The van der Waals surface area contributed by atoms with Gasteiger partial charge in [-0.25, -0.2) is 25.3 Å². The fourth-order valence-electron chi connectivity index (χ4n) is 2.44. The fraction of sp³-hybridized carbons (Fsp3) is 0.391. The molecule has 0 unspecified atom stereocenters. The Bertz CT molecular complexity index is 1370. The van der Waals surface area contributed by atoms with Gasteiger partial charge in [-0.05, 0) is 64.1 Å². The Hall–Kier alpha value is -1.28. The van der Waals surface area contributed by atoms with Crippen LogP contribution in [-0.4, -0.2) is 32.4 Å². The van der Waals surface area contributed by atoms with Crippen LogP contribution in [0.15, 0.2) is 55.5 Å². The molecular formula is C23H33Cl3O8S4. The molecular weight excluding hydrogens is 639 g/mol. The number of methoxy groups -OCH3 is 1. The lowest BCUT2D eigenvalue weighted by Gasteiger charge is -1.99. The molecule has 0 N–H and O–H groups in total. The first-order valence-corrected chi connectivity index (χ1v) is 18.7. The zero-order valence-corrected chi connectivity index (χ0v) is 28.0. The van der Waals surface area contributed by atoms with Crippen LogP contribution in [0.5, 0.6) is 5.75 Å². The maximum Gasteiger partial charge on any atom is 0.264 e. The molecule has 218 valence electrons. The highest BCUT2D eigenvalue weighted by Gasteiger charge is 2.17. The Kier molecular flexibility index (Phi) is 17.8. The number of furan rings is 1. The minimum absolute atomic E-state index is 0.0525. The Morgan fingerprint density at radius 3 is 1.37 bits per heavy atom. The number of aryl methyl sites for hydroxylation is 4. The maximum atomic E-state index is 10.8. The molecule has 0 amide bonds. The van der Waals surface area contributed by atoms with Crippen LogP contribution in [0, 0.1) is 27.7 Å². The van der Waals surface area contributed by atoms with E-state index in [1.807, 2.05) is 34.6 Å². The SMILES string of the molecule is CC.CC.COc1ccc(S(=O)(=O)Cl)cc1.Cc1cc(S(=O)(=O)Cl)c(C)o1.Cc1cc(S(=O)(=O)Cl)c(C)s1. The van der Waals surface area contributed by atoms with Crippen molar-refractivity contribution < 1.29 is 34.4 Å². The molecule has 0 radical (unpaired) electrons. The normalized spacial score (nSPS) is 10.7. The predicted octanol–water partition coefficient (Wildman–Crippen LogP) is 7.79. The highest BCUT2D eigenvalue weighted by molar-refractivity contribution is 8.14. The molecule has 2 heterocycles. The van der Waals surface area contributed by atoms with Crippen LogP contribution in [0.1, 0.15) is 49.0 Å². The lowest BCUT2D eigenvalue weighted by molar-refractivity contribution is 0.414. The molecule has 8 nitrogen and oxygen atoms in total. The summed E-state index contributed by atoms with van der Waals surface area (Å²) in [6, 6.07) is 8.84. The number of hydrogen-bond donors (Lipinski definition) is 0. The second-order valence-electron chi connectivity index (χ2n) is 6.54. The summed E-state index contributed by atoms with van der Waals surface area (Å²) in [5, 5.41) is 0. The largest absolute Gasteiger partial charge is 0.497 e. The van der Waals surface area contributed by atoms with Crippen molar-refractivity contribution in [2.75, 3.05) is 7.11 Å². The Morgan fingerprint density at radius 1 is 0.711 bits per heavy atom. The van der Waals surface area contributed by atoms with E-state index in [9.17, 15) is 25.3 Å². The van der Waals surface area contributed by atoms with E-state index >= 15 is 0 Å². The van der Waals surface area contributed by atoms with Gasteiger partial charge in [0.25, 0.3) is 27.2 Å². The second kappa shape index (κ2) is 17.4. The summed E-state index contributed by atoms with van der Waals surface area (Å²) in [7, 11) is 6.06. The van der Waals surface area contributed by atoms with Gasteiger partial charge in [-0.3, -0.25) is 0 Å². The number of ether oxygens (including phenoxy) is 1. The molecule has 3 aromatic rings. The number of rotatable bonds is 4. The van der Waals surface area contributed by atoms with Gasteiger partial charge in [0.1, 0.15) is 22.2 Å². The van der Waals surface area contributed by atoms with Gasteiger partial charge in [-0.15, -0.1) is 11.3 Å². The first kappa shape index (κ1) is 38.9. The fourth-order valence-corrected chi connectivity index (χ4v) is 6.99. The van der Waals surface area contributed by atoms with Crippen LogP contribution >= 0.6 is 43.4 Å². The van der Waals surface area contributed by atoms with Crippen LogP contribution in [-0.2, 0) is 27.2 Å². The molecule has 0 bridgehead atoms. The molecule has 1 aromatic carbocycles. The molecule has 15 heteroatoms. The van der Waals surface area contributed by atoms with Crippen molar-refractivity contribution >= 4 is 70.5 Å². The van der Waals surface area contributed by atoms with Gasteiger partial charge in [-0.2, -0.15) is 0 Å². The summed E-state index contributed by atoms with van der Waals surface area (Å²) in [5.41, 5.74) is 0. The molecule has 0 aliphatic carbocycles. The van der Waals surface area contributed by atoms with Gasteiger partial charge < -0.3 is 9.15 Å². The molecule has 2 aromatic heterocycles. The lowest BCUT2D eigenvalue weighted by Crippen LogP contribution is -1.90. The molecule has 0 fully saturated rings. The summed E-state index contributed by atoms with van der Waals surface area (Å²) in [4.78, 5) is 2.07. The van der Waals surface area contributed by atoms with E-state index in [0.717, 1.165) is 9.75 Å². The maximum absolute atomic E-state index is 10.8. The van der Waals surface area contributed by atoms with Crippen molar-refractivity contribution in [3.63, 3.8) is 0 Å². The quantitative estimate of drug-likeness (QED) is 0.257. The summed E-state index contributed by atoms with van der Waals surface area (Å²) in [6.45, 7) is 14.8. The Labute approximate surface area is 244 Å². The molecule has 0 saturated carbocycles. The third-order valence-electron chi connectivity index (χ3n) is 3.86. The minimum Gasteiger partial charge on any atom is -0.497 e. The topological polar surface area (TPSA) is 125 Å². The van der Waals surface area contributed by atoms with Gasteiger partial charge in [0.2, 0.25) is 0 Å². The van der Waals surface area contributed by atoms with Gasteiger partial charge in [0, 0.05) is 41.8 Å². The first-order chi connectivity index (χ1) is 17.4. The second-order valence-corrected chi connectivity index (χ2v) is 15.6. The zero-order chi connectivity index (χ0) is 30.5. The number of halogens is 3. The van der Waals surface area contributed by atoms with Crippen molar-refractivity contribution in [1.82, 2.24) is 0 Å². The smallest absolute Gasteiger partial charge is 0.264 e. The van der Waals surface area contributed by atoms with E-state index in [1.165, 1.54) is 48.8 Å². The van der Waals surface area contributed by atoms with Crippen LogP contribution < -0.4 is 4.74 Å². The average molecular weight is 672 g/mol. The third kappa shape index (κ3) is 14.2. The number of benzene rings is 1. The minimum atomic E-state index is -3.63. The van der Waals surface area contributed by atoms with Gasteiger partial charge in [-0.1, -0.05) is 27.7 Å². The summed E-state index contributed by atoms with van der Waals surface area (Å²) < 4.78 is 74.6. The summed E-state index contributed by atoms with van der Waals surface area (Å²) in [6.07, 6.45) is 0. The number of thiophene rings is 1. The highest BCUT2D eigenvalue weighted by Crippen LogP contribution is 2.27. The van der Waals surface area contributed by atoms with E-state index in [4.69, 9.17) is 41.2 Å². The van der Waals surface area contributed by atoms with Crippen molar-refractivity contribution in [2.24, 2.45) is 0 Å². The van der Waals surface area contributed by atoms with Gasteiger partial charge in [0.15, 0.2) is 0 Å². The zero-order valence-electron chi connectivity index (χ0n) is 22.5. The van der Waals surface area contributed by atoms with Gasteiger partial charge in [0.05, 0.1) is 16.9 Å². The molecule has 3 rings (SSSR count). The van der Waals surface area contributed by atoms with E-state index in [2.05, 4.69) is 0 Å². The van der Waals surface area contributed by atoms with Crippen molar-refractivity contribution in [3.05, 3.63) is 57.7 Å². The predicted molar refractivity (Wildman–Crippen MR) is 157 cm³/mol.